The summed E-state index contributed by atoms with van der Waals surface area (Å²) in [6.07, 6.45) is 0. The first-order valence-corrected chi connectivity index (χ1v) is 0. The molecule has 0 N–H and O–H groups in total. The fraction of sp³-hybridized carbons (Fsp3) is 0. The highest BCUT2D eigenvalue weighted by Gasteiger charge is -0.997. The third kappa shape index (κ3) is 9.07. The Morgan fingerprint density at radius 3 is 0.250 bits per heavy atom. The second kappa shape index (κ2) is 20.5. The van der Waals surface area contributed by atoms with Gasteiger partial charge in [0.15, 0.2) is 0 Å². The molecule has 0 aromatic rings. The van der Waals surface area contributed by atoms with Gasteiger partial charge in [0.05, 0.1) is 0 Å². The zero-order chi connectivity index (χ0) is 0. The van der Waals surface area contributed by atoms with E-state index in [4.69, 9.17) is 0 Å². The number of hydrogen-bond donors (Lipinski definition) is 0. The molecule has 0 unspecified atom stereocenters. The smallest absolute Gasteiger partial charge is 1.00 e. The van der Waals surface area contributed by atoms with E-state index in [0.717, 1.165) is 0 Å². The minimum absolute atomic E-state index is 0. The van der Waals surface area contributed by atoms with Crippen molar-refractivity contribution in [2.45, 2.75) is 0 Å². The van der Waals surface area contributed by atoms with E-state index in [1.54, 1.807) is 0 Å². The van der Waals surface area contributed by atoms with Gasteiger partial charge in [-0.05, 0) is 0 Å². The molecule has 0 rings (SSSR count). The second-order valence-electron chi connectivity index (χ2n) is 0. The maximum atomic E-state index is 0. The molecular formula is Br4-4. The van der Waals surface area contributed by atoms with Gasteiger partial charge in [-0.25, -0.2) is 0 Å². The first-order chi connectivity index (χ1) is 0. The van der Waals surface area contributed by atoms with Crippen LogP contribution in [0.1, 0.15) is 0 Å². The van der Waals surface area contributed by atoms with E-state index in [-0.39, 0.29) is 67.9 Å². The number of halogens is 4. The molecule has 0 aliphatic heterocycles. The Balaban J connectivity index is 0. The van der Waals surface area contributed by atoms with Crippen LogP contribution in [0.15, 0.2) is 0 Å². The SMILES string of the molecule is [Br-].[Br-].[Br-].[Br-]. The van der Waals surface area contributed by atoms with Gasteiger partial charge in [0, 0.05) is 0 Å². The van der Waals surface area contributed by atoms with E-state index < -0.39 is 0 Å². The molecule has 0 spiro atoms. The molecule has 0 aromatic carbocycles. The molecule has 0 bridgehead atoms. The van der Waals surface area contributed by atoms with E-state index in [0.29, 0.717) is 0 Å². The summed E-state index contributed by atoms with van der Waals surface area (Å²) < 4.78 is 0. The molecule has 0 heterocycles. The Labute approximate surface area is 67.4 Å². The molecule has 0 fully saturated rings. The fourth-order valence-electron chi connectivity index (χ4n) is 0. The van der Waals surface area contributed by atoms with Crippen molar-refractivity contribution >= 4 is 0 Å². The van der Waals surface area contributed by atoms with E-state index >= 15 is 0 Å². The van der Waals surface area contributed by atoms with Gasteiger partial charge in [-0.1, -0.05) is 0 Å². The van der Waals surface area contributed by atoms with Crippen LogP contribution in [-0.4, -0.2) is 0 Å². The van der Waals surface area contributed by atoms with Crippen molar-refractivity contribution in [1.82, 2.24) is 0 Å². The van der Waals surface area contributed by atoms with Crippen LogP contribution in [0, 0.1) is 0 Å². The predicted molar refractivity (Wildman–Crippen MR) is 0 cm³/mol. The van der Waals surface area contributed by atoms with Gasteiger partial charge in [0.1, 0.15) is 0 Å². The van der Waals surface area contributed by atoms with E-state index in [1.807, 2.05) is 0 Å². The summed E-state index contributed by atoms with van der Waals surface area (Å²) >= 11 is 0. The minimum atomic E-state index is 0. The summed E-state index contributed by atoms with van der Waals surface area (Å²) in [5.41, 5.74) is 0. The molecule has 0 saturated heterocycles. The Kier molecular flexibility index (Phi) is 199. The standard InChI is InChI=1S/4BrH/h4*1H/p-4. The molecule has 0 aliphatic rings. The molecule has 0 saturated carbocycles. The Morgan fingerprint density at radius 1 is 0.250 bits per heavy atom. The molecule has 32 valence electrons. The van der Waals surface area contributed by atoms with Crippen LogP contribution >= 0.6 is 0 Å². The summed E-state index contributed by atoms with van der Waals surface area (Å²) in [7, 11) is 0. The molecule has 4 heteroatoms. The highest BCUT2D eigenvalue weighted by atomic mass is 79.9. The van der Waals surface area contributed by atoms with E-state index in [2.05, 4.69) is 0 Å². The van der Waals surface area contributed by atoms with Gasteiger partial charge in [-0.2, -0.15) is 0 Å². The zero-order valence-electron chi connectivity index (χ0n) is 1.51. The quantitative estimate of drug-likeness (QED) is 0.416. The van der Waals surface area contributed by atoms with Crippen LogP contribution in [0.5, 0.6) is 0 Å². The Hall–Kier alpha value is 1.92. The Bertz CT molecular complexity index is 0. The predicted octanol–water partition coefficient (Wildman–Crippen LogP) is -12.0. The van der Waals surface area contributed by atoms with E-state index in [9.17, 15) is 0 Å². The maximum Gasteiger partial charge on any atom is -1.00 e. The van der Waals surface area contributed by atoms with Gasteiger partial charge in [0.25, 0.3) is 0 Å². The monoisotopic (exact) mass is 316 g/mol. The number of rotatable bonds is 0. The van der Waals surface area contributed by atoms with Gasteiger partial charge < -0.3 is 67.9 Å². The summed E-state index contributed by atoms with van der Waals surface area (Å²) in [6.45, 7) is 0. The van der Waals surface area contributed by atoms with Gasteiger partial charge in [-0.15, -0.1) is 0 Å². The highest BCUT2D eigenvalue weighted by molar-refractivity contribution is 0.00300. The normalized spacial score (nSPS) is 0. The molecule has 0 aromatic heterocycles. The molecule has 0 atom stereocenters. The van der Waals surface area contributed by atoms with Crippen LogP contribution in [0.25, 0.3) is 0 Å². The highest BCUT2D eigenvalue weighted by Crippen LogP contribution is -2.99. The first kappa shape index (κ1) is 38.9. The van der Waals surface area contributed by atoms with Crippen molar-refractivity contribution in [3.8, 4) is 0 Å². The first-order valence-electron chi connectivity index (χ1n) is 0. The molecule has 0 radical (unpaired) electrons. The third-order valence-electron chi connectivity index (χ3n) is 0. The molecule has 0 aliphatic carbocycles. The van der Waals surface area contributed by atoms with Crippen molar-refractivity contribution in [2.24, 2.45) is 0 Å². The fourth-order valence-corrected chi connectivity index (χ4v) is 0. The summed E-state index contributed by atoms with van der Waals surface area (Å²) in [5, 5.41) is 0. The molecule has 4 heavy (non-hydrogen) atoms. The van der Waals surface area contributed by atoms with Crippen LogP contribution in [-0.2, 0) is 0 Å². The minimum Gasteiger partial charge on any atom is -1.00 e. The lowest BCUT2D eigenvalue weighted by molar-refractivity contribution is -0.00100. The average Bonchev–Trinajstić information content (AvgIpc) is 0. The molecule has 0 nitrogen and oxygen atoms in total. The lowest BCUT2D eigenvalue weighted by Crippen LogP contribution is -3.00. The lowest BCUT2D eigenvalue weighted by Gasteiger charge is -1.00. The summed E-state index contributed by atoms with van der Waals surface area (Å²) in [5.74, 6) is 0. The maximum absolute atomic E-state index is 0. The van der Waals surface area contributed by atoms with E-state index in [1.165, 1.54) is 0 Å². The molecular weight excluding hydrogens is 320 g/mol. The van der Waals surface area contributed by atoms with Crippen molar-refractivity contribution < 1.29 is 67.9 Å². The van der Waals surface area contributed by atoms with Crippen molar-refractivity contribution in [3.63, 3.8) is 0 Å². The van der Waals surface area contributed by atoms with Crippen LogP contribution in [0.3, 0.4) is 0 Å². The topological polar surface area (TPSA) is 0 Å². The van der Waals surface area contributed by atoms with Crippen molar-refractivity contribution in [2.75, 3.05) is 0 Å². The van der Waals surface area contributed by atoms with Crippen LogP contribution in [0.4, 0.5) is 0 Å². The summed E-state index contributed by atoms with van der Waals surface area (Å²) in [6, 6.07) is 0. The Morgan fingerprint density at radius 2 is 0.250 bits per heavy atom. The van der Waals surface area contributed by atoms with Gasteiger partial charge >= 0.3 is 0 Å². The largest absolute Gasteiger partial charge is 1.00 e. The second-order valence-corrected chi connectivity index (χ2v) is 0. The van der Waals surface area contributed by atoms with Crippen molar-refractivity contribution in [1.29, 1.82) is 0 Å². The average molecular weight is 320 g/mol. The molecule has 0 amide bonds. The third-order valence-corrected chi connectivity index (χ3v) is 0. The van der Waals surface area contributed by atoms with Crippen LogP contribution in [0.2, 0.25) is 0 Å². The van der Waals surface area contributed by atoms with Gasteiger partial charge in [0.2, 0.25) is 0 Å². The lowest BCUT2D eigenvalue weighted by atomic mass is 79.9. The number of hydrogen-bond acceptors (Lipinski definition) is 0. The van der Waals surface area contributed by atoms with Crippen LogP contribution < -0.4 is 67.9 Å². The summed E-state index contributed by atoms with van der Waals surface area (Å²) in [4.78, 5) is 0. The zero-order valence-corrected chi connectivity index (χ0v) is 7.86. The van der Waals surface area contributed by atoms with Gasteiger partial charge in [-0.3, -0.25) is 0 Å². The van der Waals surface area contributed by atoms with Crippen molar-refractivity contribution in [3.05, 3.63) is 0 Å².